The minimum atomic E-state index is -0.408. The minimum absolute atomic E-state index is 0.108. The standard InChI is InChI=1S/C26H27N7O/c1-16(20-9-12-22(27-14-20)19-7-8-19)13-17(2)29-18(3)26(34)31-24-6-4-5-23(30-24)25-32-28-15-33(25)21-10-11-21/h4-6,9,12-15,19,21H,3,7-8,10-11H2,1-2H3,(H,30,31,34)/b16-13+,29-17?. The first kappa shape index (κ1) is 21.9. The summed E-state index contributed by atoms with van der Waals surface area (Å²) < 4.78 is 2.03. The highest BCUT2D eigenvalue weighted by Gasteiger charge is 2.27. The number of carbonyl (C=O) groups excluding carboxylic acids is 1. The van der Waals surface area contributed by atoms with Gasteiger partial charge in [0, 0.05) is 29.6 Å². The molecule has 3 heterocycles. The van der Waals surface area contributed by atoms with Crippen LogP contribution >= 0.6 is 0 Å². The molecular formula is C26H27N7O. The maximum Gasteiger partial charge on any atom is 0.274 e. The number of hydrogen-bond donors (Lipinski definition) is 1. The van der Waals surface area contributed by atoms with Gasteiger partial charge in [0.15, 0.2) is 5.82 Å². The second-order valence-electron chi connectivity index (χ2n) is 8.93. The van der Waals surface area contributed by atoms with Gasteiger partial charge in [-0.25, -0.2) is 9.98 Å². The third-order valence-corrected chi connectivity index (χ3v) is 5.97. The fraction of sp³-hybridized carbons (Fsp3) is 0.308. The number of pyridine rings is 2. The Morgan fingerprint density at radius 3 is 2.71 bits per heavy atom. The smallest absolute Gasteiger partial charge is 0.274 e. The van der Waals surface area contributed by atoms with E-state index >= 15 is 0 Å². The van der Waals surface area contributed by atoms with Crippen molar-refractivity contribution in [2.24, 2.45) is 4.99 Å². The molecule has 2 saturated carbocycles. The Bertz CT molecular complexity index is 1290. The lowest BCUT2D eigenvalue weighted by molar-refractivity contribution is -0.112. The van der Waals surface area contributed by atoms with Gasteiger partial charge in [-0.2, -0.15) is 0 Å². The SMILES string of the molecule is C=C(N=C(C)/C=C(\C)c1ccc(C2CC2)nc1)C(=O)Nc1cccc(-c2nncn2C2CC2)n1. The molecule has 3 aromatic rings. The highest BCUT2D eigenvalue weighted by atomic mass is 16.2. The van der Waals surface area contributed by atoms with E-state index in [1.54, 1.807) is 12.4 Å². The van der Waals surface area contributed by atoms with Gasteiger partial charge in [0.1, 0.15) is 23.5 Å². The van der Waals surface area contributed by atoms with Crippen LogP contribution in [-0.4, -0.2) is 36.4 Å². The molecule has 2 aliphatic rings. The Hall–Kier alpha value is -3.94. The fourth-order valence-electron chi connectivity index (χ4n) is 3.81. The molecule has 0 spiro atoms. The Balaban J connectivity index is 1.24. The van der Waals surface area contributed by atoms with Crippen LogP contribution in [0.2, 0.25) is 0 Å². The summed E-state index contributed by atoms with van der Waals surface area (Å²) in [6.07, 6.45) is 10.3. The van der Waals surface area contributed by atoms with E-state index in [0.717, 1.165) is 29.7 Å². The summed E-state index contributed by atoms with van der Waals surface area (Å²) in [6.45, 7) is 7.68. The largest absolute Gasteiger partial charge is 0.309 e. The quantitative estimate of drug-likeness (QED) is 0.384. The lowest BCUT2D eigenvalue weighted by atomic mass is 10.1. The number of allylic oxidation sites excluding steroid dienone is 2. The third kappa shape index (κ3) is 5.01. The number of anilines is 1. The van der Waals surface area contributed by atoms with Gasteiger partial charge in [-0.15, -0.1) is 10.2 Å². The van der Waals surface area contributed by atoms with Gasteiger partial charge in [0.2, 0.25) is 0 Å². The first-order chi connectivity index (χ1) is 16.5. The normalized spacial score (nSPS) is 16.4. The molecule has 8 heteroatoms. The molecule has 0 saturated heterocycles. The number of hydrogen-bond acceptors (Lipinski definition) is 6. The number of aliphatic imine (C=N–C) groups is 1. The molecule has 2 fully saturated rings. The summed E-state index contributed by atoms with van der Waals surface area (Å²) in [4.78, 5) is 26.1. The van der Waals surface area contributed by atoms with E-state index in [1.807, 2.05) is 42.8 Å². The van der Waals surface area contributed by atoms with E-state index < -0.39 is 5.91 Å². The van der Waals surface area contributed by atoms with E-state index in [0.29, 0.717) is 35.0 Å². The average molecular weight is 454 g/mol. The molecule has 2 aliphatic carbocycles. The van der Waals surface area contributed by atoms with Crippen LogP contribution in [0.4, 0.5) is 5.82 Å². The Morgan fingerprint density at radius 1 is 1.18 bits per heavy atom. The molecule has 172 valence electrons. The van der Waals surface area contributed by atoms with Crippen LogP contribution in [0.1, 0.15) is 62.7 Å². The lowest BCUT2D eigenvalue weighted by Gasteiger charge is -2.08. The van der Waals surface area contributed by atoms with Crippen LogP contribution in [0.3, 0.4) is 0 Å². The summed E-state index contributed by atoms with van der Waals surface area (Å²) in [5.41, 5.74) is 4.68. The second-order valence-corrected chi connectivity index (χ2v) is 8.93. The maximum absolute atomic E-state index is 12.7. The number of aromatic nitrogens is 5. The summed E-state index contributed by atoms with van der Waals surface area (Å²) in [7, 11) is 0. The highest BCUT2D eigenvalue weighted by molar-refractivity contribution is 6.07. The number of nitrogens with one attached hydrogen (secondary N) is 1. The van der Waals surface area contributed by atoms with Crippen molar-refractivity contribution in [3.63, 3.8) is 0 Å². The predicted molar refractivity (Wildman–Crippen MR) is 132 cm³/mol. The fourth-order valence-corrected chi connectivity index (χ4v) is 3.81. The van der Waals surface area contributed by atoms with Gasteiger partial charge < -0.3 is 9.88 Å². The van der Waals surface area contributed by atoms with Gasteiger partial charge in [-0.1, -0.05) is 18.7 Å². The molecule has 0 radical (unpaired) electrons. The van der Waals surface area contributed by atoms with Crippen molar-refractivity contribution in [1.29, 1.82) is 0 Å². The first-order valence-electron chi connectivity index (χ1n) is 11.5. The lowest BCUT2D eigenvalue weighted by Crippen LogP contribution is -2.14. The minimum Gasteiger partial charge on any atom is -0.309 e. The van der Waals surface area contributed by atoms with Crippen LogP contribution in [0.15, 0.2) is 66.2 Å². The van der Waals surface area contributed by atoms with Gasteiger partial charge in [0.25, 0.3) is 5.91 Å². The van der Waals surface area contributed by atoms with E-state index in [4.69, 9.17) is 0 Å². The second kappa shape index (κ2) is 9.13. The maximum atomic E-state index is 12.7. The molecule has 5 rings (SSSR count). The third-order valence-electron chi connectivity index (χ3n) is 5.97. The van der Waals surface area contributed by atoms with Crippen LogP contribution in [0, 0.1) is 0 Å². The monoisotopic (exact) mass is 453 g/mol. The van der Waals surface area contributed by atoms with Crippen molar-refractivity contribution in [3.8, 4) is 11.5 Å². The zero-order chi connectivity index (χ0) is 23.7. The van der Waals surface area contributed by atoms with Crippen molar-refractivity contribution < 1.29 is 4.79 Å². The Labute approximate surface area is 198 Å². The molecule has 1 amide bonds. The van der Waals surface area contributed by atoms with Crippen LogP contribution in [0.25, 0.3) is 17.1 Å². The zero-order valence-electron chi connectivity index (χ0n) is 19.4. The predicted octanol–water partition coefficient (Wildman–Crippen LogP) is 4.96. The van der Waals surface area contributed by atoms with E-state index in [9.17, 15) is 4.79 Å². The van der Waals surface area contributed by atoms with Crippen LogP contribution < -0.4 is 5.32 Å². The number of rotatable bonds is 8. The van der Waals surface area contributed by atoms with Crippen molar-refractivity contribution in [2.75, 3.05) is 5.32 Å². The molecule has 0 unspecified atom stereocenters. The summed E-state index contributed by atoms with van der Waals surface area (Å²) in [6, 6.07) is 10.0. The summed E-state index contributed by atoms with van der Waals surface area (Å²) in [5.74, 6) is 1.34. The van der Waals surface area contributed by atoms with Crippen molar-refractivity contribution in [2.45, 2.75) is 51.5 Å². The van der Waals surface area contributed by atoms with E-state index in [-0.39, 0.29) is 5.70 Å². The molecule has 0 aliphatic heterocycles. The summed E-state index contributed by atoms with van der Waals surface area (Å²) in [5, 5.41) is 11.0. The van der Waals surface area contributed by atoms with Gasteiger partial charge in [-0.05, 0) is 74.9 Å². The summed E-state index contributed by atoms with van der Waals surface area (Å²) >= 11 is 0. The topological polar surface area (TPSA) is 98.0 Å². The first-order valence-corrected chi connectivity index (χ1v) is 11.5. The molecule has 34 heavy (non-hydrogen) atoms. The molecule has 1 N–H and O–H groups in total. The molecule has 3 aromatic heterocycles. The average Bonchev–Trinajstić information content (AvgIpc) is 3.77. The Kier molecular flexibility index (Phi) is 5.88. The number of carbonyl (C=O) groups is 1. The Morgan fingerprint density at radius 2 is 2.00 bits per heavy atom. The van der Waals surface area contributed by atoms with Gasteiger partial charge in [0.05, 0.1) is 0 Å². The van der Waals surface area contributed by atoms with Crippen molar-refractivity contribution >= 4 is 23.0 Å². The van der Waals surface area contributed by atoms with Crippen molar-refractivity contribution in [3.05, 3.63) is 72.5 Å². The van der Waals surface area contributed by atoms with Crippen molar-refractivity contribution in [1.82, 2.24) is 24.7 Å². The molecule has 0 aromatic carbocycles. The molecule has 8 nitrogen and oxygen atoms in total. The van der Waals surface area contributed by atoms with E-state index in [1.165, 1.54) is 12.8 Å². The number of amides is 1. The molecule has 0 atom stereocenters. The number of nitrogens with zero attached hydrogens (tertiary/aromatic N) is 6. The molecule has 0 bridgehead atoms. The van der Waals surface area contributed by atoms with Crippen LogP contribution in [-0.2, 0) is 4.79 Å². The van der Waals surface area contributed by atoms with Crippen LogP contribution in [0.5, 0.6) is 0 Å². The van der Waals surface area contributed by atoms with E-state index in [2.05, 4.69) is 49.2 Å². The molecular weight excluding hydrogens is 426 g/mol. The highest BCUT2D eigenvalue weighted by Crippen LogP contribution is 2.39. The zero-order valence-corrected chi connectivity index (χ0v) is 19.4. The van der Waals surface area contributed by atoms with Gasteiger partial charge >= 0.3 is 0 Å². The van der Waals surface area contributed by atoms with Gasteiger partial charge in [-0.3, -0.25) is 9.78 Å².